The molecule has 3 rings (SSSR count). The van der Waals surface area contributed by atoms with Crippen molar-refractivity contribution in [1.82, 2.24) is 19.3 Å². The van der Waals surface area contributed by atoms with Crippen molar-refractivity contribution in [3.63, 3.8) is 0 Å². The number of hydrogen-bond donors (Lipinski definition) is 1. The molecule has 0 saturated carbocycles. The van der Waals surface area contributed by atoms with Gasteiger partial charge in [0.2, 0.25) is 5.78 Å². The van der Waals surface area contributed by atoms with Gasteiger partial charge in [-0.1, -0.05) is 23.2 Å². The van der Waals surface area contributed by atoms with E-state index in [4.69, 9.17) is 23.2 Å². The molecule has 3 aromatic rings. The van der Waals surface area contributed by atoms with E-state index >= 15 is 0 Å². The number of carboxylic acid groups (broad SMARTS) is 1. The molecule has 10 heteroatoms. The monoisotopic (exact) mass is 421 g/mol. The summed E-state index contributed by atoms with van der Waals surface area (Å²) >= 11 is 12.4. The van der Waals surface area contributed by atoms with Crippen LogP contribution in [0.3, 0.4) is 0 Å². The van der Waals surface area contributed by atoms with Crippen molar-refractivity contribution in [2.24, 2.45) is 0 Å². The van der Waals surface area contributed by atoms with Crippen molar-refractivity contribution >= 4 is 46.7 Å². The molecular weight excluding hydrogens is 405 g/mol. The Bertz CT molecular complexity index is 1110. The minimum absolute atomic E-state index is 0.179. The first-order valence-electron chi connectivity index (χ1n) is 8.15. The van der Waals surface area contributed by atoms with Crippen molar-refractivity contribution in [3.05, 3.63) is 45.8 Å². The molecule has 146 valence electrons. The summed E-state index contributed by atoms with van der Waals surface area (Å²) in [5.41, 5.74) is 1.90. The Kier molecular flexibility index (Phi) is 5.18. The molecule has 0 unspecified atom stereocenters. The number of aryl methyl sites for hydroxylation is 1. The van der Waals surface area contributed by atoms with E-state index in [1.165, 1.54) is 18.1 Å². The predicted molar refractivity (Wildman–Crippen MR) is 108 cm³/mol. The molecule has 0 aliphatic heterocycles. The van der Waals surface area contributed by atoms with E-state index in [-0.39, 0.29) is 17.4 Å². The molecule has 8 nitrogen and oxygen atoms in total. The normalized spacial score (nSPS) is 10.9. The molecule has 2 aromatic heterocycles. The number of carbonyl (C=O) groups is 2. The summed E-state index contributed by atoms with van der Waals surface area (Å²) in [7, 11) is 4.64. The van der Waals surface area contributed by atoms with E-state index in [1.54, 1.807) is 43.6 Å². The number of aromatic nitrogens is 3. The standard InChI is InChI=1S/C18H17Cl2N5O3/c1-9-14(24(4)18(27)28)15(11-6-5-10(19)7-12(11)20)25-8-13(16(26)23(2)3)22-17(25)21-9/h5-8H,1-4H3,(H,27,28). The van der Waals surface area contributed by atoms with E-state index in [0.717, 1.165) is 4.90 Å². The summed E-state index contributed by atoms with van der Waals surface area (Å²) in [6.07, 6.45) is 0.351. The second-order valence-corrected chi connectivity index (χ2v) is 7.20. The van der Waals surface area contributed by atoms with Crippen LogP contribution in [0.25, 0.3) is 17.0 Å². The maximum Gasteiger partial charge on any atom is 0.411 e. The number of fused-ring (bicyclic) bond motifs is 1. The first-order valence-corrected chi connectivity index (χ1v) is 8.90. The Balaban J connectivity index is 2.43. The zero-order valence-corrected chi connectivity index (χ0v) is 17.1. The molecule has 0 bridgehead atoms. The van der Waals surface area contributed by atoms with Crippen LogP contribution in [-0.2, 0) is 0 Å². The van der Waals surface area contributed by atoms with Gasteiger partial charge in [0.05, 0.1) is 22.1 Å². The molecule has 1 N–H and O–H groups in total. The van der Waals surface area contributed by atoms with E-state index in [0.29, 0.717) is 32.7 Å². The number of anilines is 1. The lowest BCUT2D eigenvalue weighted by atomic mass is 10.1. The minimum Gasteiger partial charge on any atom is -0.465 e. The van der Waals surface area contributed by atoms with Crippen molar-refractivity contribution in [1.29, 1.82) is 0 Å². The third kappa shape index (κ3) is 3.36. The molecule has 0 aliphatic rings. The van der Waals surface area contributed by atoms with Gasteiger partial charge >= 0.3 is 6.09 Å². The van der Waals surface area contributed by atoms with Crippen LogP contribution in [0.5, 0.6) is 0 Å². The Labute approximate surface area is 170 Å². The number of hydrogen-bond acceptors (Lipinski definition) is 4. The minimum atomic E-state index is -1.17. The van der Waals surface area contributed by atoms with Gasteiger partial charge in [0.25, 0.3) is 5.91 Å². The van der Waals surface area contributed by atoms with E-state index in [1.807, 2.05) is 0 Å². The number of carbonyl (C=O) groups excluding carboxylic acids is 1. The highest BCUT2D eigenvalue weighted by Gasteiger charge is 2.25. The summed E-state index contributed by atoms with van der Waals surface area (Å²) in [4.78, 5) is 35.2. The van der Waals surface area contributed by atoms with Crippen LogP contribution in [0.4, 0.5) is 10.5 Å². The molecule has 2 amide bonds. The summed E-state index contributed by atoms with van der Waals surface area (Å²) < 4.78 is 1.56. The third-order valence-corrected chi connectivity index (χ3v) is 4.74. The quantitative estimate of drug-likeness (QED) is 0.693. The molecule has 0 saturated heterocycles. The van der Waals surface area contributed by atoms with Gasteiger partial charge in [-0.3, -0.25) is 14.1 Å². The number of halogens is 2. The smallest absolute Gasteiger partial charge is 0.411 e. The largest absolute Gasteiger partial charge is 0.465 e. The number of imidazole rings is 1. The molecule has 28 heavy (non-hydrogen) atoms. The molecule has 0 spiro atoms. The lowest BCUT2D eigenvalue weighted by Gasteiger charge is -2.21. The van der Waals surface area contributed by atoms with Gasteiger partial charge in [-0.05, 0) is 25.1 Å². The van der Waals surface area contributed by atoms with Gasteiger partial charge < -0.3 is 10.0 Å². The van der Waals surface area contributed by atoms with Crippen molar-refractivity contribution in [2.45, 2.75) is 6.92 Å². The zero-order chi connectivity index (χ0) is 20.7. The molecule has 0 fully saturated rings. The molecular formula is C18H17Cl2N5O3. The number of benzene rings is 1. The molecule has 0 radical (unpaired) electrons. The second-order valence-electron chi connectivity index (χ2n) is 6.36. The highest BCUT2D eigenvalue weighted by Crippen LogP contribution is 2.38. The second kappa shape index (κ2) is 7.29. The average Bonchev–Trinajstić information content (AvgIpc) is 3.03. The Hall–Kier alpha value is -2.84. The van der Waals surface area contributed by atoms with Crippen molar-refractivity contribution in [3.8, 4) is 11.3 Å². The van der Waals surface area contributed by atoms with Gasteiger partial charge in [-0.2, -0.15) is 0 Å². The third-order valence-electron chi connectivity index (χ3n) is 4.20. The molecule has 1 aromatic carbocycles. The van der Waals surface area contributed by atoms with E-state index < -0.39 is 6.09 Å². The first-order chi connectivity index (χ1) is 13.1. The van der Waals surface area contributed by atoms with Crippen LogP contribution >= 0.6 is 23.2 Å². The number of nitrogens with zero attached hydrogens (tertiary/aromatic N) is 5. The number of rotatable bonds is 3. The highest BCUT2D eigenvalue weighted by atomic mass is 35.5. The Morgan fingerprint density at radius 3 is 2.39 bits per heavy atom. The SMILES string of the molecule is Cc1nc2nc(C(=O)N(C)C)cn2c(-c2ccc(Cl)cc2Cl)c1N(C)C(=O)O. The van der Waals surface area contributed by atoms with Gasteiger partial charge in [-0.25, -0.2) is 14.8 Å². The van der Waals surface area contributed by atoms with Crippen LogP contribution in [0.2, 0.25) is 10.0 Å². The molecule has 0 aliphatic carbocycles. The molecule has 0 atom stereocenters. The fourth-order valence-corrected chi connectivity index (χ4v) is 3.37. The zero-order valence-electron chi connectivity index (χ0n) is 15.6. The average molecular weight is 422 g/mol. The van der Waals surface area contributed by atoms with Crippen LogP contribution in [0.1, 0.15) is 16.2 Å². The summed E-state index contributed by atoms with van der Waals surface area (Å²) in [6, 6.07) is 4.90. The first kappa shape index (κ1) is 19.9. The summed E-state index contributed by atoms with van der Waals surface area (Å²) in [6.45, 7) is 1.67. The van der Waals surface area contributed by atoms with Crippen molar-refractivity contribution in [2.75, 3.05) is 26.0 Å². The van der Waals surface area contributed by atoms with E-state index in [9.17, 15) is 14.7 Å². The topological polar surface area (TPSA) is 91.0 Å². The fourth-order valence-electron chi connectivity index (χ4n) is 2.87. The van der Waals surface area contributed by atoms with Gasteiger partial charge in [0, 0.05) is 37.9 Å². The fraction of sp³-hybridized carbons (Fsp3) is 0.222. The van der Waals surface area contributed by atoms with Gasteiger partial charge in [0.15, 0.2) is 0 Å². The maximum absolute atomic E-state index is 12.4. The van der Waals surface area contributed by atoms with Crippen LogP contribution in [-0.4, -0.2) is 57.5 Å². The van der Waals surface area contributed by atoms with E-state index in [2.05, 4.69) is 9.97 Å². The van der Waals surface area contributed by atoms with Crippen molar-refractivity contribution < 1.29 is 14.7 Å². The van der Waals surface area contributed by atoms with Gasteiger partial charge in [-0.15, -0.1) is 0 Å². The Morgan fingerprint density at radius 2 is 1.82 bits per heavy atom. The lowest BCUT2D eigenvalue weighted by molar-refractivity contribution is 0.0822. The predicted octanol–water partition coefficient (Wildman–Crippen LogP) is 3.83. The van der Waals surface area contributed by atoms with Crippen LogP contribution < -0.4 is 4.90 Å². The summed E-state index contributed by atoms with van der Waals surface area (Å²) in [5.74, 6) is -0.0456. The lowest BCUT2D eigenvalue weighted by Crippen LogP contribution is -2.26. The van der Waals surface area contributed by atoms with Crippen LogP contribution in [0.15, 0.2) is 24.4 Å². The summed E-state index contributed by atoms with van der Waals surface area (Å²) in [5, 5.41) is 10.3. The highest BCUT2D eigenvalue weighted by molar-refractivity contribution is 6.36. The van der Waals surface area contributed by atoms with Crippen LogP contribution in [0, 0.1) is 6.92 Å². The van der Waals surface area contributed by atoms with Gasteiger partial charge in [0.1, 0.15) is 5.69 Å². The molecule has 2 heterocycles. The number of amides is 2. The maximum atomic E-state index is 12.4. The Morgan fingerprint density at radius 1 is 1.14 bits per heavy atom.